The summed E-state index contributed by atoms with van der Waals surface area (Å²) in [4.78, 5) is 2.09. The summed E-state index contributed by atoms with van der Waals surface area (Å²) < 4.78 is 0. The highest BCUT2D eigenvalue weighted by atomic mass is 16.3. The second kappa shape index (κ2) is 5.87. The molecule has 0 radical (unpaired) electrons. The summed E-state index contributed by atoms with van der Waals surface area (Å²) in [6.45, 7) is 5.20. The molecular formula is C13H22N2O. The molecule has 0 heterocycles. The number of aliphatic hydroxyl groups is 1. The number of benzene rings is 1. The van der Waals surface area contributed by atoms with Crippen LogP contribution >= 0.6 is 0 Å². The third kappa shape index (κ3) is 2.97. The van der Waals surface area contributed by atoms with Crippen molar-refractivity contribution in [3.8, 4) is 0 Å². The summed E-state index contributed by atoms with van der Waals surface area (Å²) in [7, 11) is 3.96. The SMILES string of the molecule is CNCc1ccc(N(C)C(C)CO)cc1C. The van der Waals surface area contributed by atoms with Crippen molar-refractivity contribution in [2.45, 2.75) is 26.4 Å². The lowest BCUT2D eigenvalue weighted by Gasteiger charge is -2.26. The van der Waals surface area contributed by atoms with E-state index in [2.05, 4.69) is 35.3 Å². The molecule has 0 bridgehead atoms. The lowest BCUT2D eigenvalue weighted by Crippen LogP contribution is -2.31. The van der Waals surface area contributed by atoms with Gasteiger partial charge in [0.25, 0.3) is 0 Å². The Hall–Kier alpha value is -1.06. The number of aliphatic hydroxyl groups excluding tert-OH is 1. The Morgan fingerprint density at radius 3 is 2.62 bits per heavy atom. The van der Waals surface area contributed by atoms with E-state index in [1.54, 1.807) is 0 Å². The Kier molecular flexibility index (Phi) is 4.77. The highest BCUT2D eigenvalue weighted by Gasteiger charge is 2.09. The Balaban J connectivity index is 2.87. The number of likely N-dealkylation sites (N-methyl/N-ethyl adjacent to an activating group) is 1. The van der Waals surface area contributed by atoms with Gasteiger partial charge in [0.15, 0.2) is 0 Å². The Morgan fingerprint density at radius 2 is 2.12 bits per heavy atom. The monoisotopic (exact) mass is 222 g/mol. The van der Waals surface area contributed by atoms with Crippen LogP contribution in [0.15, 0.2) is 18.2 Å². The molecule has 0 aliphatic heterocycles. The molecule has 1 aromatic carbocycles. The number of nitrogens with one attached hydrogen (secondary N) is 1. The van der Waals surface area contributed by atoms with Crippen LogP contribution in [0.25, 0.3) is 0 Å². The standard InChI is InChI=1S/C13H22N2O/c1-10-7-13(15(4)11(2)9-16)6-5-12(10)8-14-3/h5-7,11,14,16H,8-9H2,1-4H3. The van der Waals surface area contributed by atoms with Crippen molar-refractivity contribution in [3.63, 3.8) is 0 Å². The van der Waals surface area contributed by atoms with Gasteiger partial charge in [-0.1, -0.05) is 6.07 Å². The number of hydrogen-bond acceptors (Lipinski definition) is 3. The van der Waals surface area contributed by atoms with Gasteiger partial charge in [-0.05, 0) is 44.2 Å². The summed E-state index contributed by atoms with van der Waals surface area (Å²) in [6.07, 6.45) is 0. The molecule has 0 aliphatic carbocycles. The minimum absolute atomic E-state index is 0.148. The number of anilines is 1. The molecule has 0 spiro atoms. The van der Waals surface area contributed by atoms with Crippen LogP contribution in [0.1, 0.15) is 18.1 Å². The molecule has 3 heteroatoms. The Labute approximate surface area is 98.1 Å². The van der Waals surface area contributed by atoms with Crippen LogP contribution < -0.4 is 10.2 Å². The minimum Gasteiger partial charge on any atom is -0.394 e. The van der Waals surface area contributed by atoms with Gasteiger partial charge in [-0.25, -0.2) is 0 Å². The molecule has 3 nitrogen and oxygen atoms in total. The predicted molar refractivity (Wildman–Crippen MR) is 68.9 cm³/mol. The lowest BCUT2D eigenvalue weighted by molar-refractivity contribution is 0.270. The third-order valence-corrected chi connectivity index (χ3v) is 3.03. The van der Waals surface area contributed by atoms with Crippen LogP contribution in [0.4, 0.5) is 5.69 Å². The van der Waals surface area contributed by atoms with Crippen LogP contribution in [-0.4, -0.2) is 31.9 Å². The smallest absolute Gasteiger partial charge is 0.0632 e. The van der Waals surface area contributed by atoms with Crippen LogP contribution in [0.5, 0.6) is 0 Å². The highest BCUT2D eigenvalue weighted by molar-refractivity contribution is 5.50. The van der Waals surface area contributed by atoms with Crippen molar-refractivity contribution in [1.82, 2.24) is 5.32 Å². The van der Waals surface area contributed by atoms with E-state index in [9.17, 15) is 0 Å². The Morgan fingerprint density at radius 1 is 1.44 bits per heavy atom. The van der Waals surface area contributed by atoms with E-state index in [1.165, 1.54) is 11.1 Å². The third-order valence-electron chi connectivity index (χ3n) is 3.03. The largest absolute Gasteiger partial charge is 0.394 e. The van der Waals surface area contributed by atoms with E-state index >= 15 is 0 Å². The quantitative estimate of drug-likeness (QED) is 0.793. The van der Waals surface area contributed by atoms with Gasteiger partial charge in [-0.15, -0.1) is 0 Å². The average molecular weight is 222 g/mol. The maximum Gasteiger partial charge on any atom is 0.0632 e. The van der Waals surface area contributed by atoms with Gasteiger partial charge < -0.3 is 15.3 Å². The average Bonchev–Trinajstić information content (AvgIpc) is 2.30. The van der Waals surface area contributed by atoms with Gasteiger partial charge in [-0.2, -0.15) is 0 Å². The summed E-state index contributed by atoms with van der Waals surface area (Å²) in [5, 5.41) is 12.3. The zero-order chi connectivity index (χ0) is 12.1. The number of rotatable bonds is 5. The molecule has 1 aromatic rings. The second-order valence-corrected chi connectivity index (χ2v) is 4.28. The highest BCUT2D eigenvalue weighted by Crippen LogP contribution is 2.19. The van der Waals surface area contributed by atoms with E-state index in [0.29, 0.717) is 0 Å². The number of hydrogen-bond donors (Lipinski definition) is 2. The zero-order valence-corrected chi connectivity index (χ0v) is 10.6. The first-order valence-electron chi connectivity index (χ1n) is 5.68. The van der Waals surface area contributed by atoms with E-state index < -0.39 is 0 Å². The molecule has 1 unspecified atom stereocenters. The van der Waals surface area contributed by atoms with Gasteiger partial charge >= 0.3 is 0 Å². The van der Waals surface area contributed by atoms with Crippen LogP contribution in [0, 0.1) is 6.92 Å². The van der Waals surface area contributed by atoms with Crippen LogP contribution in [0.2, 0.25) is 0 Å². The molecular weight excluding hydrogens is 200 g/mol. The summed E-state index contributed by atoms with van der Waals surface area (Å²) in [5.74, 6) is 0. The molecule has 0 saturated heterocycles. The van der Waals surface area contributed by atoms with E-state index in [-0.39, 0.29) is 12.6 Å². The molecule has 1 atom stereocenters. The summed E-state index contributed by atoms with van der Waals surface area (Å²) in [6, 6.07) is 6.56. The fourth-order valence-electron chi connectivity index (χ4n) is 1.67. The maximum atomic E-state index is 9.12. The van der Waals surface area contributed by atoms with Crippen LogP contribution in [-0.2, 0) is 6.54 Å². The van der Waals surface area contributed by atoms with Gasteiger partial charge in [-0.3, -0.25) is 0 Å². The lowest BCUT2D eigenvalue weighted by atomic mass is 10.1. The first-order valence-corrected chi connectivity index (χ1v) is 5.68. The molecule has 2 N–H and O–H groups in total. The predicted octanol–water partition coefficient (Wildman–Crippen LogP) is 1.53. The van der Waals surface area contributed by atoms with Crippen molar-refractivity contribution in [1.29, 1.82) is 0 Å². The molecule has 1 rings (SSSR count). The zero-order valence-electron chi connectivity index (χ0n) is 10.6. The van der Waals surface area contributed by atoms with Crippen molar-refractivity contribution in [2.75, 3.05) is 25.6 Å². The maximum absolute atomic E-state index is 9.12. The van der Waals surface area contributed by atoms with Gasteiger partial charge in [0.1, 0.15) is 0 Å². The van der Waals surface area contributed by atoms with Crippen molar-refractivity contribution < 1.29 is 5.11 Å². The van der Waals surface area contributed by atoms with Gasteiger partial charge in [0.2, 0.25) is 0 Å². The minimum atomic E-state index is 0.148. The number of aryl methyl sites for hydroxylation is 1. The van der Waals surface area contributed by atoms with Crippen molar-refractivity contribution >= 4 is 5.69 Å². The van der Waals surface area contributed by atoms with Crippen molar-refractivity contribution in [3.05, 3.63) is 29.3 Å². The molecule has 0 saturated carbocycles. The van der Waals surface area contributed by atoms with Crippen molar-refractivity contribution in [2.24, 2.45) is 0 Å². The topological polar surface area (TPSA) is 35.5 Å². The fraction of sp³-hybridized carbons (Fsp3) is 0.538. The normalized spacial score (nSPS) is 12.6. The first kappa shape index (κ1) is 13.0. The Bertz CT molecular complexity index is 339. The van der Waals surface area contributed by atoms with Crippen LogP contribution in [0.3, 0.4) is 0 Å². The fourth-order valence-corrected chi connectivity index (χ4v) is 1.67. The van der Waals surface area contributed by atoms with E-state index in [4.69, 9.17) is 5.11 Å². The second-order valence-electron chi connectivity index (χ2n) is 4.28. The first-order chi connectivity index (χ1) is 7.60. The summed E-state index contributed by atoms with van der Waals surface area (Å²) in [5.41, 5.74) is 3.75. The van der Waals surface area contributed by atoms with E-state index in [1.807, 2.05) is 21.0 Å². The van der Waals surface area contributed by atoms with E-state index in [0.717, 1.165) is 12.2 Å². The number of nitrogens with zero attached hydrogens (tertiary/aromatic N) is 1. The molecule has 0 aliphatic rings. The summed E-state index contributed by atoms with van der Waals surface area (Å²) >= 11 is 0. The molecule has 90 valence electrons. The molecule has 0 aromatic heterocycles. The molecule has 0 amide bonds. The van der Waals surface area contributed by atoms with Gasteiger partial charge in [0, 0.05) is 25.3 Å². The molecule has 16 heavy (non-hydrogen) atoms. The molecule has 0 fully saturated rings. The van der Waals surface area contributed by atoms with Gasteiger partial charge in [0.05, 0.1) is 6.61 Å².